The van der Waals surface area contributed by atoms with Gasteiger partial charge in [0.2, 0.25) is 0 Å². The Morgan fingerprint density at radius 1 is 1.50 bits per heavy atom. The Morgan fingerprint density at radius 2 is 2.17 bits per heavy atom. The van der Waals surface area contributed by atoms with Crippen LogP contribution in [-0.4, -0.2) is 48.2 Å². The van der Waals surface area contributed by atoms with Crippen LogP contribution in [0.5, 0.6) is 0 Å². The number of carbonyl (C=O) groups excluding carboxylic acids is 2. The van der Waals surface area contributed by atoms with Crippen LogP contribution in [0.25, 0.3) is 0 Å². The summed E-state index contributed by atoms with van der Waals surface area (Å²) in [5.41, 5.74) is -0.588. The van der Waals surface area contributed by atoms with E-state index in [1.807, 2.05) is 0 Å². The average molecular weight is 253 g/mol. The van der Waals surface area contributed by atoms with E-state index in [9.17, 15) is 9.59 Å². The minimum absolute atomic E-state index is 0.00662. The molecule has 0 saturated carbocycles. The largest absolute Gasteiger partial charge is 0.444 e. The first-order valence-corrected chi connectivity index (χ1v) is 5.88. The van der Waals surface area contributed by atoms with E-state index < -0.39 is 17.7 Å². The molecule has 0 aromatic carbocycles. The van der Waals surface area contributed by atoms with Gasteiger partial charge in [0, 0.05) is 6.54 Å². The van der Waals surface area contributed by atoms with Gasteiger partial charge in [0.25, 0.3) is 0 Å². The van der Waals surface area contributed by atoms with Crippen molar-refractivity contribution in [3.8, 4) is 12.3 Å². The molecule has 1 rings (SSSR count). The zero-order chi connectivity index (χ0) is 13.8. The van der Waals surface area contributed by atoms with Gasteiger partial charge in [0.15, 0.2) is 5.78 Å². The van der Waals surface area contributed by atoms with Crippen molar-refractivity contribution in [2.45, 2.75) is 38.8 Å². The molecule has 100 valence electrons. The molecule has 0 bridgehead atoms. The van der Waals surface area contributed by atoms with E-state index >= 15 is 0 Å². The second-order valence-electron chi connectivity index (χ2n) is 5.11. The molecule has 5 nitrogen and oxygen atoms in total. The van der Waals surface area contributed by atoms with E-state index in [4.69, 9.17) is 15.9 Å². The van der Waals surface area contributed by atoms with Gasteiger partial charge in [-0.1, -0.05) is 5.92 Å². The van der Waals surface area contributed by atoms with Crippen molar-refractivity contribution in [3.63, 3.8) is 0 Å². The summed E-state index contributed by atoms with van der Waals surface area (Å²) in [6.07, 6.45) is 4.61. The lowest BCUT2D eigenvalue weighted by Crippen LogP contribution is -2.53. The van der Waals surface area contributed by atoms with Crippen LogP contribution in [0.15, 0.2) is 0 Å². The number of ketones is 1. The number of ether oxygens (including phenoxy) is 2. The first-order chi connectivity index (χ1) is 8.35. The summed E-state index contributed by atoms with van der Waals surface area (Å²) in [7, 11) is 0. The predicted octanol–water partition coefficient (Wildman–Crippen LogP) is 1.21. The van der Waals surface area contributed by atoms with Crippen molar-refractivity contribution in [2.75, 3.05) is 19.8 Å². The van der Waals surface area contributed by atoms with Gasteiger partial charge in [-0.3, -0.25) is 9.69 Å². The number of Topliss-reactive ketones (excluding diaryl/α,β-unsaturated/α-hetero) is 1. The van der Waals surface area contributed by atoms with E-state index in [1.54, 1.807) is 20.8 Å². The van der Waals surface area contributed by atoms with E-state index in [2.05, 4.69) is 5.92 Å². The molecule has 5 heteroatoms. The smallest absolute Gasteiger partial charge is 0.411 e. The van der Waals surface area contributed by atoms with Gasteiger partial charge >= 0.3 is 6.09 Å². The van der Waals surface area contributed by atoms with Gasteiger partial charge in [-0.05, 0) is 20.8 Å². The van der Waals surface area contributed by atoms with Crippen molar-refractivity contribution >= 4 is 11.9 Å². The summed E-state index contributed by atoms with van der Waals surface area (Å²) in [5, 5.41) is 0. The van der Waals surface area contributed by atoms with Crippen LogP contribution in [0.4, 0.5) is 4.79 Å². The zero-order valence-corrected chi connectivity index (χ0v) is 11.1. The van der Waals surface area contributed by atoms with Gasteiger partial charge in [-0.2, -0.15) is 0 Å². The molecular formula is C13H19NO4. The number of carbonyl (C=O) groups is 2. The Hall–Kier alpha value is -1.54. The second kappa shape index (κ2) is 5.87. The summed E-state index contributed by atoms with van der Waals surface area (Å²) >= 11 is 0. The third-order valence-corrected chi connectivity index (χ3v) is 2.40. The first-order valence-electron chi connectivity index (χ1n) is 5.88. The van der Waals surface area contributed by atoms with Crippen molar-refractivity contribution < 1.29 is 19.1 Å². The van der Waals surface area contributed by atoms with Gasteiger partial charge in [-0.25, -0.2) is 4.79 Å². The van der Waals surface area contributed by atoms with Crippen LogP contribution >= 0.6 is 0 Å². The minimum Gasteiger partial charge on any atom is -0.444 e. The van der Waals surface area contributed by atoms with Crippen molar-refractivity contribution in [1.82, 2.24) is 4.90 Å². The van der Waals surface area contributed by atoms with Crippen LogP contribution in [0.3, 0.4) is 0 Å². The van der Waals surface area contributed by atoms with Crippen molar-refractivity contribution in [1.29, 1.82) is 0 Å². The number of hydrogen-bond donors (Lipinski definition) is 0. The summed E-state index contributed by atoms with van der Waals surface area (Å²) in [6, 6.07) is -0.635. The molecule has 1 atom stereocenters. The van der Waals surface area contributed by atoms with Gasteiger partial charge in [-0.15, -0.1) is 6.42 Å². The quantitative estimate of drug-likeness (QED) is 0.694. The van der Waals surface area contributed by atoms with Crippen LogP contribution in [0.2, 0.25) is 0 Å². The zero-order valence-electron chi connectivity index (χ0n) is 11.1. The molecule has 1 aliphatic heterocycles. The lowest BCUT2D eigenvalue weighted by molar-refractivity contribution is -0.129. The molecule has 0 spiro atoms. The Balaban J connectivity index is 2.73. The average Bonchev–Trinajstić information content (AvgIpc) is 2.27. The van der Waals surface area contributed by atoms with Crippen molar-refractivity contribution in [3.05, 3.63) is 0 Å². The van der Waals surface area contributed by atoms with E-state index in [0.29, 0.717) is 13.2 Å². The van der Waals surface area contributed by atoms with Crippen LogP contribution < -0.4 is 0 Å². The lowest BCUT2D eigenvalue weighted by Gasteiger charge is -2.35. The SMILES string of the molecule is C#CCC(=O)C1COCCN1C(=O)OC(C)(C)C. The van der Waals surface area contributed by atoms with Crippen LogP contribution in [-0.2, 0) is 14.3 Å². The normalized spacial score (nSPS) is 20.1. The highest BCUT2D eigenvalue weighted by molar-refractivity contribution is 5.89. The molecule has 1 saturated heterocycles. The standard InChI is InChI=1S/C13H19NO4/c1-5-6-11(15)10-9-17-8-7-14(10)12(16)18-13(2,3)4/h1,10H,6-9H2,2-4H3. The summed E-state index contributed by atoms with van der Waals surface area (Å²) in [4.78, 5) is 25.2. The first kappa shape index (κ1) is 14.5. The maximum atomic E-state index is 12.0. The fourth-order valence-corrected chi connectivity index (χ4v) is 1.63. The topological polar surface area (TPSA) is 55.8 Å². The number of hydrogen-bond acceptors (Lipinski definition) is 4. The molecule has 0 aromatic rings. The predicted molar refractivity (Wildman–Crippen MR) is 66.0 cm³/mol. The van der Waals surface area contributed by atoms with Crippen molar-refractivity contribution in [2.24, 2.45) is 0 Å². The Labute approximate surface area is 107 Å². The monoisotopic (exact) mass is 253 g/mol. The summed E-state index contributed by atoms with van der Waals surface area (Å²) in [6.45, 7) is 6.27. The molecular weight excluding hydrogens is 234 g/mol. The molecule has 0 aromatic heterocycles. The van der Waals surface area contributed by atoms with E-state index in [0.717, 1.165) is 0 Å². The molecule has 1 heterocycles. The Morgan fingerprint density at radius 3 is 2.72 bits per heavy atom. The maximum absolute atomic E-state index is 12.0. The highest BCUT2D eigenvalue weighted by Crippen LogP contribution is 2.15. The molecule has 1 fully saturated rings. The van der Waals surface area contributed by atoms with Crippen LogP contribution in [0.1, 0.15) is 27.2 Å². The number of morpholine rings is 1. The highest BCUT2D eigenvalue weighted by atomic mass is 16.6. The van der Waals surface area contributed by atoms with Gasteiger partial charge < -0.3 is 9.47 Å². The summed E-state index contributed by atoms with van der Waals surface area (Å²) < 4.78 is 10.5. The minimum atomic E-state index is -0.635. The summed E-state index contributed by atoms with van der Waals surface area (Å²) in [5.74, 6) is 2.10. The van der Waals surface area contributed by atoms with Gasteiger partial charge in [0.1, 0.15) is 11.6 Å². The van der Waals surface area contributed by atoms with E-state index in [-0.39, 0.29) is 18.8 Å². The highest BCUT2D eigenvalue weighted by Gasteiger charge is 2.34. The third-order valence-electron chi connectivity index (χ3n) is 2.40. The molecule has 1 aliphatic rings. The lowest BCUT2D eigenvalue weighted by atomic mass is 10.1. The number of amides is 1. The molecule has 1 amide bonds. The van der Waals surface area contributed by atoms with Gasteiger partial charge in [0.05, 0.1) is 19.6 Å². The third kappa shape index (κ3) is 4.04. The molecule has 0 aliphatic carbocycles. The number of nitrogens with zero attached hydrogens (tertiary/aromatic N) is 1. The Bertz CT molecular complexity index is 364. The fraction of sp³-hybridized carbons (Fsp3) is 0.692. The number of terminal acetylenes is 1. The van der Waals surface area contributed by atoms with Crippen LogP contribution in [0, 0.1) is 12.3 Å². The molecule has 1 unspecified atom stereocenters. The fourth-order valence-electron chi connectivity index (χ4n) is 1.63. The Kier molecular flexibility index (Phi) is 4.74. The second-order valence-corrected chi connectivity index (χ2v) is 5.11. The molecule has 0 radical (unpaired) electrons. The molecule has 0 N–H and O–H groups in total. The number of rotatable bonds is 2. The van der Waals surface area contributed by atoms with E-state index in [1.165, 1.54) is 4.90 Å². The maximum Gasteiger partial charge on any atom is 0.411 e. The molecule has 18 heavy (non-hydrogen) atoms.